The molecule has 1 saturated heterocycles. The highest BCUT2D eigenvalue weighted by atomic mass is 35.5. The molecule has 1 aromatic carbocycles. The maximum Gasteiger partial charge on any atom is 0.103 e. The maximum absolute atomic E-state index is 9.14. The summed E-state index contributed by atoms with van der Waals surface area (Å²) in [6, 6.07) is 10.3. The third kappa shape index (κ3) is 2.77. The maximum atomic E-state index is 9.14. The van der Waals surface area contributed by atoms with Crippen molar-refractivity contribution in [3.8, 4) is 6.07 Å². The van der Waals surface area contributed by atoms with E-state index in [9.17, 15) is 0 Å². The first-order chi connectivity index (χ1) is 8.53. The van der Waals surface area contributed by atoms with Crippen molar-refractivity contribution in [2.75, 3.05) is 31.1 Å². The average Bonchev–Trinajstić information content (AvgIpc) is 2.39. The van der Waals surface area contributed by atoms with E-state index < -0.39 is 0 Å². The molecule has 0 spiro atoms. The Kier molecular flexibility index (Phi) is 3.79. The summed E-state index contributed by atoms with van der Waals surface area (Å²) in [5.41, 5.74) is 0.789. The molecule has 1 aromatic rings. The van der Waals surface area contributed by atoms with Gasteiger partial charge in [-0.05, 0) is 32.0 Å². The highest BCUT2D eigenvalue weighted by Crippen LogP contribution is 2.23. The van der Waals surface area contributed by atoms with Gasteiger partial charge in [0.05, 0.1) is 6.07 Å². The highest BCUT2D eigenvalue weighted by Gasteiger charge is 2.29. The Labute approximate surface area is 114 Å². The molecular weight excluding hydrogens is 246 g/mol. The van der Waals surface area contributed by atoms with Crippen LogP contribution in [0.1, 0.15) is 13.8 Å². The van der Waals surface area contributed by atoms with Gasteiger partial charge in [-0.25, -0.2) is 0 Å². The lowest BCUT2D eigenvalue weighted by Gasteiger charge is -2.41. The van der Waals surface area contributed by atoms with Crippen LogP contribution in [0.5, 0.6) is 0 Å². The van der Waals surface area contributed by atoms with Gasteiger partial charge in [0.1, 0.15) is 5.54 Å². The van der Waals surface area contributed by atoms with Crippen molar-refractivity contribution in [1.29, 1.82) is 5.26 Å². The van der Waals surface area contributed by atoms with Crippen LogP contribution in [0, 0.1) is 11.3 Å². The van der Waals surface area contributed by atoms with Gasteiger partial charge in [-0.15, -0.1) is 0 Å². The van der Waals surface area contributed by atoms with Crippen LogP contribution < -0.4 is 4.90 Å². The van der Waals surface area contributed by atoms with Crippen LogP contribution in [0.2, 0.25) is 5.02 Å². The average molecular weight is 264 g/mol. The van der Waals surface area contributed by atoms with E-state index in [4.69, 9.17) is 16.9 Å². The van der Waals surface area contributed by atoms with E-state index >= 15 is 0 Å². The number of benzene rings is 1. The molecule has 0 unspecified atom stereocenters. The number of nitrogens with zero attached hydrogens (tertiary/aromatic N) is 3. The molecule has 1 aliphatic heterocycles. The molecule has 2 rings (SSSR count). The first-order valence-corrected chi connectivity index (χ1v) is 6.57. The molecule has 1 aliphatic rings. The minimum atomic E-state index is -0.375. The quantitative estimate of drug-likeness (QED) is 0.822. The van der Waals surface area contributed by atoms with Crippen molar-refractivity contribution in [3.63, 3.8) is 0 Å². The summed E-state index contributed by atoms with van der Waals surface area (Å²) in [4.78, 5) is 4.55. The first kappa shape index (κ1) is 13.2. The first-order valence-electron chi connectivity index (χ1n) is 6.20. The van der Waals surface area contributed by atoms with Crippen molar-refractivity contribution in [3.05, 3.63) is 29.3 Å². The lowest BCUT2D eigenvalue weighted by atomic mass is 10.0. The fourth-order valence-corrected chi connectivity index (χ4v) is 2.45. The summed E-state index contributed by atoms with van der Waals surface area (Å²) in [6.07, 6.45) is 0. The molecule has 0 N–H and O–H groups in total. The summed E-state index contributed by atoms with van der Waals surface area (Å²) in [5.74, 6) is 0. The van der Waals surface area contributed by atoms with Crippen LogP contribution in [0.3, 0.4) is 0 Å². The summed E-state index contributed by atoms with van der Waals surface area (Å²) in [7, 11) is 0. The number of piperazine rings is 1. The van der Waals surface area contributed by atoms with Crippen molar-refractivity contribution >= 4 is 17.3 Å². The van der Waals surface area contributed by atoms with Crippen molar-refractivity contribution in [1.82, 2.24) is 4.90 Å². The SMILES string of the molecule is CC(C)(C#N)N1CCN(c2cccc(Cl)c2)CC1. The van der Waals surface area contributed by atoms with Gasteiger partial charge in [-0.3, -0.25) is 4.90 Å². The third-order valence-electron chi connectivity index (χ3n) is 3.52. The molecule has 0 bridgehead atoms. The van der Waals surface area contributed by atoms with Gasteiger partial charge in [0, 0.05) is 36.9 Å². The molecular formula is C14H18ClN3. The Balaban J connectivity index is 2.01. The minimum Gasteiger partial charge on any atom is -0.369 e. The van der Waals surface area contributed by atoms with Crippen molar-refractivity contribution in [2.45, 2.75) is 19.4 Å². The lowest BCUT2D eigenvalue weighted by molar-refractivity contribution is 0.158. The standard InChI is InChI=1S/C14H18ClN3/c1-14(2,11-16)18-8-6-17(7-9-18)13-5-3-4-12(15)10-13/h3-5,10H,6-9H2,1-2H3. The Morgan fingerprint density at radius 3 is 2.44 bits per heavy atom. The molecule has 3 nitrogen and oxygen atoms in total. The fraction of sp³-hybridized carbons (Fsp3) is 0.500. The molecule has 0 saturated carbocycles. The summed E-state index contributed by atoms with van der Waals surface area (Å²) in [6.45, 7) is 7.64. The van der Waals surface area contributed by atoms with Gasteiger partial charge in [-0.1, -0.05) is 17.7 Å². The van der Waals surface area contributed by atoms with E-state index in [0.29, 0.717) is 0 Å². The molecule has 1 fully saturated rings. The van der Waals surface area contributed by atoms with Crippen LogP contribution in [0.15, 0.2) is 24.3 Å². The van der Waals surface area contributed by atoms with Crippen LogP contribution in [0.25, 0.3) is 0 Å². The van der Waals surface area contributed by atoms with Crippen LogP contribution in [-0.4, -0.2) is 36.6 Å². The smallest absolute Gasteiger partial charge is 0.103 e. The Bertz CT molecular complexity index is 456. The zero-order valence-electron chi connectivity index (χ0n) is 10.9. The summed E-state index contributed by atoms with van der Waals surface area (Å²) in [5, 5.41) is 9.91. The summed E-state index contributed by atoms with van der Waals surface area (Å²) >= 11 is 6.01. The molecule has 0 radical (unpaired) electrons. The molecule has 0 aromatic heterocycles. The zero-order chi connectivity index (χ0) is 13.2. The number of hydrogen-bond donors (Lipinski definition) is 0. The molecule has 0 aliphatic carbocycles. The van der Waals surface area contributed by atoms with E-state index in [1.807, 2.05) is 32.0 Å². The third-order valence-corrected chi connectivity index (χ3v) is 3.75. The number of rotatable bonds is 2. The second-order valence-corrected chi connectivity index (χ2v) is 5.56. The van der Waals surface area contributed by atoms with Gasteiger partial charge in [0.15, 0.2) is 0 Å². The molecule has 1 heterocycles. The molecule has 18 heavy (non-hydrogen) atoms. The van der Waals surface area contributed by atoms with Crippen LogP contribution in [0.4, 0.5) is 5.69 Å². The van der Waals surface area contributed by atoms with Crippen LogP contribution >= 0.6 is 11.6 Å². The topological polar surface area (TPSA) is 30.3 Å². The lowest BCUT2D eigenvalue weighted by Crippen LogP contribution is -2.54. The van der Waals surface area contributed by atoms with E-state index in [2.05, 4.69) is 21.9 Å². The molecule has 96 valence electrons. The van der Waals surface area contributed by atoms with Gasteiger partial charge in [-0.2, -0.15) is 5.26 Å². The number of nitriles is 1. The Morgan fingerprint density at radius 2 is 1.89 bits per heavy atom. The van der Waals surface area contributed by atoms with E-state index in [0.717, 1.165) is 36.9 Å². The summed E-state index contributed by atoms with van der Waals surface area (Å²) < 4.78 is 0. The molecule has 0 atom stereocenters. The molecule has 4 heteroatoms. The van der Waals surface area contributed by atoms with Crippen molar-refractivity contribution < 1.29 is 0 Å². The van der Waals surface area contributed by atoms with E-state index in [1.165, 1.54) is 0 Å². The van der Waals surface area contributed by atoms with E-state index in [1.54, 1.807) is 0 Å². The minimum absolute atomic E-state index is 0.375. The second-order valence-electron chi connectivity index (χ2n) is 5.12. The largest absolute Gasteiger partial charge is 0.369 e. The Morgan fingerprint density at radius 1 is 1.22 bits per heavy atom. The number of anilines is 1. The van der Waals surface area contributed by atoms with Gasteiger partial charge >= 0.3 is 0 Å². The van der Waals surface area contributed by atoms with Gasteiger partial charge < -0.3 is 4.90 Å². The number of hydrogen-bond acceptors (Lipinski definition) is 3. The second kappa shape index (κ2) is 5.17. The number of halogens is 1. The van der Waals surface area contributed by atoms with Crippen LogP contribution in [-0.2, 0) is 0 Å². The normalized spacial score (nSPS) is 17.6. The Hall–Kier alpha value is -1.24. The zero-order valence-corrected chi connectivity index (χ0v) is 11.6. The van der Waals surface area contributed by atoms with Gasteiger partial charge in [0.2, 0.25) is 0 Å². The van der Waals surface area contributed by atoms with E-state index in [-0.39, 0.29) is 5.54 Å². The highest BCUT2D eigenvalue weighted by molar-refractivity contribution is 6.30. The predicted octanol–water partition coefficient (Wildman–Crippen LogP) is 2.76. The fourth-order valence-electron chi connectivity index (χ4n) is 2.27. The van der Waals surface area contributed by atoms with Crippen molar-refractivity contribution in [2.24, 2.45) is 0 Å². The molecule has 0 amide bonds. The predicted molar refractivity (Wildman–Crippen MR) is 74.9 cm³/mol. The van der Waals surface area contributed by atoms with Gasteiger partial charge in [0.25, 0.3) is 0 Å². The monoisotopic (exact) mass is 263 g/mol.